The predicted molar refractivity (Wildman–Crippen MR) is 132 cm³/mol. The molecule has 32 heavy (non-hydrogen) atoms. The number of nitrogens with zero attached hydrogens (tertiary/aromatic N) is 1. The summed E-state index contributed by atoms with van der Waals surface area (Å²) in [5, 5.41) is 4.37. The van der Waals surface area contributed by atoms with Gasteiger partial charge in [-0.05, 0) is 63.5 Å². The summed E-state index contributed by atoms with van der Waals surface area (Å²) in [5.74, 6) is 0.111. The zero-order valence-corrected chi connectivity index (χ0v) is 19.7. The Hall–Kier alpha value is -2.94. The summed E-state index contributed by atoms with van der Waals surface area (Å²) in [5.41, 5.74) is 1.57. The highest BCUT2D eigenvalue weighted by molar-refractivity contribution is 7.87. The second kappa shape index (κ2) is 8.90. The molecule has 0 spiro atoms. The maximum Gasteiger partial charge on any atom is 0.339 e. The van der Waals surface area contributed by atoms with Crippen LogP contribution in [0.5, 0.6) is 5.75 Å². The summed E-state index contributed by atoms with van der Waals surface area (Å²) in [6, 6.07) is 17.0. The van der Waals surface area contributed by atoms with Crippen molar-refractivity contribution in [3.63, 3.8) is 0 Å². The molecule has 8 heteroatoms. The quantitative estimate of drug-likeness (QED) is 0.319. The monoisotopic (exact) mass is 468 g/mol. The normalized spacial score (nSPS) is 11.9. The molecule has 0 aliphatic heterocycles. The summed E-state index contributed by atoms with van der Waals surface area (Å²) in [6.07, 6.45) is 0. The highest BCUT2D eigenvalue weighted by Gasteiger charge is 2.18. The summed E-state index contributed by atoms with van der Waals surface area (Å²) >= 11 is 1.49. The van der Waals surface area contributed by atoms with Gasteiger partial charge in [0, 0.05) is 33.6 Å². The van der Waals surface area contributed by atoms with E-state index in [-0.39, 0.29) is 16.1 Å². The zero-order valence-electron chi connectivity index (χ0n) is 18.1. The lowest BCUT2D eigenvalue weighted by atomic mass is 10.1. The van der Waals surface area contributed by atoms with Gasteiger partial charge < -0.3 is 14.4 Å². The SMILES string of the molecule is Cc1ccc(S(=O)(=O)Oc2ccc3sc4cccc(NCCN(C)C)c4c(=O)c3c2)cc1. The maximum absolute atomic E-state index is 13.4. The molecule has 0 saturated carbocycles. The second-order valence-corrected chi connectivity index (χ2v) is 10.5. The van der Waals surface area contributed by atoms with Gasteiger partial charge in [-0.1, -0.05) is 23.8 Å². The first-order valence-corrected chi connectivity index (χ1v) is 12.4. The lowest BCUT2D eigenvalue weighted by Gasteiger charge is -2.13. The Kier molecular flexibility index (Phi) is 6.19. The number of likely N-dealkylation sites (N-methyl/N-ethyl adjacent to an activating group) is 1. The highest BCUT2D eigenvalue weighted by Crippen LogP contribution is 2.31. The first kappa shape index (κ1) is 22.3. The summed E-state index contributed by atoms with van der Waals surface area (Å²) < 4.78 is 32.3. The molecule has 0 aliphatic rings. The Bertz CT molecular complexity index is 1440. The van der Waals surface area contributed by atoms with Gasteiger partial charge in [-0.3, -0.25) is 4.79 Å². The van der Waals surface area contributed by atoms with Gasteiger partial charge >= 0.3 is 10.1 Å². The van der Waals surface area contributed by atoms with Crippen molar-refractivity contribution in [3.8, 4) is 5.75 Å². The van der Waals surface area contributed by atoms with Gasteiger partial charge in [0.2, 0.25) is 0 Å². The van der Waals surface area contributed by atoms with Gasteiger partial charge in [-0.25, -0.2) is 0 Å². The van der Waals surface area contributed by atoms with Crippen LogP contribution in [0.1, 0.15) is 5.56 Å². The number of benzene rings is 3. The second-order valence-electron chi connectivity index (χ2n) is 7.85. The third kappa shape index (κ3) is 4.62. The van der Waals surface area contributed by atoms with E-state index in [4.69, 9.17) is 4.18 Å². The minimum atomic E-state index is -4.00. The highest BCUT2D eigenvalue weighted by atomic mass is 32.2. The Morgan fingerprint density at radius 2 is 1.75 bits per heavy atom. The van der Waals surface area contributed by atoms with Crippen LogP contribution in [0.25, 0.3) is 20.2 Å². The van der Waals surface area contributed by atoms with Crippen LogP contribution >= 0.6 is 11.3 Å². The number of hydrogen-bond acceptors (Lipinski definition) is 7. The van der Waals surface area contributed by atoms with E-state index in [1.807, 2.05) is 39.2 Å². The van der Waals surface area contributed by atoms with Crippen LogP contribution in [-0.4, -0.2) is 40.5 Å². The van der Waals surface area contributed by atoms with E-state index < -0.39 is 10.1 Å². The van der Waals surface area contributed by atoms with E-state index in [0.29, 0.717) is 17.3 Å². The first-order valence-electron chi connectivity index (χ1n) is 10.1. The van der Waals surface area contributed by atoms with Crippen LogP contribution in [-0.2, 0) is 10.1 Å². The maximum atomic E-state index is 13.4. The average molecular weight is 469 g/mol. The van der Waals surface area contributed by atoms with Crippen molar-refractivity contribution in [3.05, 3.63) is 76.5 Å². The van der Waals surface area contributed by atoms with Crippen LogP contribution < -0.4 is 14.9 Å². The molecule has 0 radical (unpaired) electrons. The largest absolute Gasteiger partial charge is 0.383 e. The van der Waals surface area contributed by atoms with E-state index in [0.717, 1.165) is 27.2 Å². The van der Waals surface area contributed by atoms with Gasteiger partial charge in [-0.15, -0.1) is 11.3 Å². The fourth-order valence-corrected chi connectivity index (χ4v) is 5.38. The fraction of sp³-hybridized carbons (Fsp3) is 0.208. The molecule has 4 rings (SSSR count). The van der Waals surface area contributed by atoms with E-state index in [1.54, 1.807) is 24.3 Å². The number of fused-ring (bicyclic) bond motifs is 2. The van der Waals surface area contributed by atoms with Crippen molar-refractivity contribution in [2.45, 2.75) is 11.8 Å². The van der Waals surface area contributed by atoms with Crippen LogP contribution in [0.4, 0.5) is 5.69 Å². The summed E-state index contributed by atoms with van der Waals surface area (Å²) in [4.78, 5) is 15.5. The van der Waals surface area contributed by atoms with Crippen molar-refractivity contribution < 1.29 is 12.6 Å². The molecule has 166 valence electrons. The standard InChI is InChI=1S/C24H24N2O4S2/c1-16-7-10-18(11-8-16)32(28,29)30-17-9-12-21-19(15-17)24(27)23-20(25-13-14-26(2)3)5-4-6-22(23)31-21/h4-12,15,25H,13-14H2,1-3H3. The Morgan fingerprint density at radius 3 is 2.47 bits per heavy atom. The van der Waals surface area contributed by atoms with Crippen LogP contribution in [0.15, 0.2) is 70.4 Å². The molecule has 0 amide bonds. The molecule has 1 aromatic heterocycles. The summed E-state index contributed by atoms with van der Waals surface area (Å²) in [6.45, 7) is 3.41. The van der Waals surface area contributed by atoms with Crippen molar-refractivity contribution in [2.75, 3.05) is 32.5 Å². The molecule has 0 atom stereocenters. The fourth-order valence-electron chi connectivity index (χ4n) is 3.37. The third-order valence-electron chi connectivity index (χ3n) is 5.06. The minimum Gasteiger partial charge on any atom is -0.383 e. The topological polar surface area (TPSA) is 75.7 Å². The molecule has 0 saturated heterocycles. The van der Waals surface area contributed by atoms with Gasteiger partial charge in [0.15, 0.2) is 5.43 Å². The average Bonchev–Trinajstić information content (AvgIpc) is 2.74. The van der Waals surface area contributed by atoms with Crippen molar-refractivity contribution in [1.82, 2.24) is 4.90 Å². The van der Waals surface area contributed by atoms with E-state index in [1.165, 1.54) is 29.5 Å². The Labute approximate surface area is 191 Å². The summed E-state index contributed by atoms with van der Waals surface area (Å²) in [7, 11) is -0.0148. The first-order chi connectivity index (χ1) is 15.2. The molecule has 1 N–H and O–H groups in total. The number of anilines is 1. The minimum absolute atomic E-state index is 0.0687. The zero-order chi connectivity index (χ0) is 22.9. The van der Waals surface area contributed by atoms with Gasteiger partial charge in [0.1, 0.15) is 10.6 Å². The van der Waals surface area contributed by atoms with Crippen molar-refractivity contribution >= 4 is 47.3 Å². The smallest absolute Gasteiger partial charge is 0.339 e. The predicted octanol–water partition coefficient (Wildman–Crippen LogP) is 4.46. The van der Waals surface area contributed by atoms with Crippen LogP contribution in [0.2, 0.25) is 0 Å². The molecule has 4 aromatic rings. The van der Waals surface area contributed by atoms with Crippen LogP contribution in [0, 0.1) is 6.92 Å². The van der Waals surface area contributed by atoms with Crippen LogP contribution in [0.3, 0.4) is 0 Å². The van der Waals surface area contributed by atoms with Crippen molar-refractivity contribution in [1.29, 1.82) is 0 Å². The van der Waals surface area contributed by atoms with Gasteiger partial charge in [-0.2, -0.15) is 8.42 Å². The number of nitrogens with one attached hydrogen (secondary N) is 1. The number of rotatable bonds is 7. The van der Waals surface area contributed by atoms with E-state index in [9.17, 15) is 13.2 Å². The molecular weight excluding hydrogens is 444 g/mol. The number of aryl methyl sites for hydroxylation is 1. The third-order valence-corrected chi connectivity index (χ3v) is 7.46. The molecule has 1 heterocycles. The molecule has 0 unspecified atom stereocenters. The molecule has 3 aromatic carbocycles. The van der Waals surface area contributed by atoms with E-state index >= 15 is 0 Å². The van der Waals surface area contributed by atoms with E-state index in [2.05, 4.69) is 10.2 Å². The molecule has 0 fully saturated rings. The Balaban J connectivity index is 1.74. The lowest BCUT2D eigenvalue weighted by Crippen LogP contribution is -2.21. The number of hydrogen-bond donors (Lipinski definition) is 1. The molecular formula is C24H24N2O4S2. The lowest BCUT2D eigenvalue weighted by molar-refractivity contribution is 0.425. The molecule has 6 nitrogen and oxygen atoms in total. The van der Waals surface area contributed by atoms with Gasteiger partial charge in [0.05, 0.1) is 5.39 Å². The van der Waals surface area contributed by atoms with Gasteiger partial charge in [0.25, 0.3) is 0 Å². The molecule has 0 bridgehead atoms. The van der Waals surface area contributed by atoms with Crippen molar-refractivity contribution in [2.24, 2.45) is 0 Å². The molecule has 0 aliphatic carbocycles. The Morgan fingerprint density at radius 1 is 1.00 bits per heavy atom.